The summed E-state index contributed by atoms with van der Waals surface area (Å²) in [7, 11) is -1.81. The van der Waals surface area contributed by atoms with Crippen molar-refractivity contribution in [1.29, 1.82) is 0 Å². The molecule has 1 aromatic heterocycles. The molecule has 1 aliphatic rings. The van der Waals surface area contributed by atoms with Crippen LogP contribution < -0.4 is 4.72 Å². The van der Waals surface area contributed by atoms with Crippen LogP contribution >= 0.6 is 0 Å². The van der Waals surface area contributed by atoms with Crippen molar-refractivity contribution in [3.8, 4) is 0 Å². The fraction of sp³-hybridized carbons (Fsp3) is 0.769. The van der Waals surface area contributed by atoms with E-state index in [1.165, 1.54) is 6.20 Å². The molecule has 0 spiro atoms. The van der Waals surface area contributed by atoms with Gasteiger partial charge in [0.15, 0.2) is 0 Å². The Morgan fingerprint density at radius 2 is 2.33 bits per heavy atom. The number of sulfonamides is 1. The fourth-order valence-corrected chi connectivity index (χ4v) is 3.73. The molecule has 0 unspecified atom stereocenters. The lowest BCUT2D eigenvalue weighted by Crippen LogP contribution is -2.48. The first-order valence-electron chi connectivity index (χ1n) is 7.31. The van der Waals surface area contributed by atoms with Gasteiger partial charge in [0.2, 0.25) is 10.0 Å². The SMILES string of the molecule is CCn1cc(S(=O)(=O)N[C@@H]2CCCN(CCOC)C2)cn1. The second-order valence-corrected chi connectivity index (χ2v) is 7.00. The smallest absolute Gasteiger partial charge is 0.243 e. The van der Waals surface area contributed by atoms with E-state index in [0.29, 0.717) is 13.2 Å². The van der Waals surface area contributed by atoms with Crippen molar-refractivity contribution in [2.24, 2.45) is 0 Å². The van der Waals surface area contributed by atoms with Crippen molar-refractivity contribution >= 4 is 10.0 Å². The van der Waals surface area contributed by atoms with E-state index in [2.05, 4.69) is 14.7 Å². The van der Waals surface area contributed by atoms with Gasteiger partial charge in [0.25, 0.3) is 0 Å². The number of hydrogen-bond donors (Lipinski definition) is 1. The third-order valence-electron chi connectivity index (χ3n) is 3.68. The summed E-state index contributed by atoms with van der Waals surface area (Å²) in [4.78, 5) is 2.47. The molecule has 2 rings (SSSR count). The van der Waals surface area contributed by atoms with Crippen molar-refractivity contribution in [1.82, 2.24) is 19.4 Å². The summed E-state index contributed by atoms with van der Waals surface area (Å²) < 4.78 is 34.2. The third kappa shape index (κ3) is 4.50. The highest BCUT2D eigenvalue weighted by atomic mass is 32.2. The Bertz CT molecular complexity index is 543. The maximum absolute atomic E-state index is 12.3. The fourth-order valence-electron chi connectivity index (χ4n) is 2.52. The molecule has 0 bridgehead atoms. The number of methoxy groups -OCH3 is 1. The largest absolute Gasteiger partial charge is 0.383 e. The first-order valence-corrected chi connectivity index (χ1v) is 8.79. The summed E-state index contributed by atoms with van der Waals surface area (Å²) in [5.74, 6) is 0. The van der Waals surface area contributed by atoms with Crippen LogP contribution in [0, 0.1) is 0 Å². The van der Waals surface area contributed by atoms with Crippen LogP contribution in [0.25, 0.3) is 0 Å². The minimum Gasteiger partial charge on any atom is -0.383 e. The summed E-state index contributed by atoms with van der Waals surface area (Å²) in [6.45, 7) is 5.81. The molecule has 2 heterocycles. The summed E-state index contributed by atoms with van der Waals surface area (Å²) >= 11 is 0. The number of aryl methyl sites for hydroxylation is 1. The van der Waals surface area contributed by atoms with Gasteiger partial charge in [-0.1, -0.05) is 0 Å². The van der Waals surface area contributed by atoms with Crippen LogP contribution in [0.1, 0.15) is 19.8 Å². The average molecular weight is 316 g/mol. The van der Waals surface area contributed by atoms with Crippen LogP contribution in [0.5, 0.6) is 0 Å². The lowest BCUT2D eigenvalue weighted by molar-refractivity contribution is 0.126. The number of piperidine rings is 1. The van der Waals surface area contributed by atoms with Gasteiger partial charge < -0.3 is 4.74 Å². The molecule has 1 aliphatic heterocycles. The molecule has 1 N–H and O–H groups in total. The zero-order valence-corrected chi connectivity index (χ0v) is 13.5. The van der Waals surface area contributed by atoms with E-state index in [1.807, 2.05) is 6.92 Å². The van der Waals surface area contributed by atoms with Crippen LogP contribution in [0.15, 0.2) is 17.3 Å². The number of aromatic nitrogens is 2. The Labute approximate surface area is 126 Å². The lowest BCUT2D eigenvalue weighted by Gasteiger charge is -2.32. The number of likely N-dealkylation sites (tertiary alicyclic amines) is 1. The minimum atomic E-state index is -3.48. The molecular formula is C13H24N4O3S. The van der Waals surface area contributed by atoms with E-state index in [1.54, 1.807) is 18.0 Å². The quantitative estimate of drug-likeness (QED) is 0.782. The number of hydrogen-bond acceptors (Lipinski definition) is 5. The van der Waals surface area contributed by atoms with Gasteiger partial charge in [0.1, 0.15) is 4.90 Å². The first-order chi connectivity index (χ1) is 10.0. The summed E-state index contributed by atoms with van der Waals surface area (Å²) in [5.41, 5.74) is 0. The van der Waals surface area contributed by atoms with E-state index >= 15 is 0 Å². The minimum absolute atomic E-state index is 0.0504. The van der Waals surface area contributed by atoms with Crippen molar-refractivity contribution < 1.29 is 13.2 Å². The molecule has 0 amide bonds. The zero-order valence-electron chi connectivity index (χ0n) is 12.7. The van der Waals surface area contributed by atoms with Crippen molar-refractivity contribution in [2.45, 2.75) is 37.2 Å². The molecule has 0 aliphatic carbocycles. The summed E-state index contributed by atoms with van der Waals surface area (Å²) in [6.07, 6.45) is 4.82. The first kappa shape index (κ1) is 16.4. The molecule has 1 fully saturated rings. The van der Waals surface area contributed by atoms with Crippen molar-refractivity contribution in [3.05, 3.63) is 12.4 Å². The molecular weight excluding hydrogens is 292 g/mol. The van der Waals surface area contributed by atoms with E-state index in [4.69, 9.17) is 4.74 Å². The van der Waals surface area contributed by atoms with Gasteiger partial charge in [-0.3, -0.25) is 9.58 Å². The molecule has 8 heteroatoms. The van der Waals surface area contributed by atoms with Crippen LogP contribution in [0.4, 0.5) is 0 Å². The van der Waals surface area contributed by atoms with Crippen LogP contribution in [0.2, 0.25) is 0 Å². The Morgan fingerprint density at radius 1 is 1.52 bits per heavy atom. The maximum Gasteiger partial charge on any atom is 0.243 e. The highest BCUT2D eigenvalue weighted by Crippen LogP contribution is 2.14. The van der Waals surface area contributed by atoms with E-state index in [9.17, 15) is 8.42 Å². The van der Waals surface area contributed by atoms with Gasteiger partial charge >= 0.3 is 0 Å². The van der Waals surface area contributed by atoms with Crippen LogP contribution in [-0.4, -0.2) is 62.5 Å². The summed E-state index contributed by atoms with van der Waals surface area (Å²) in [5, 5.41) is 4.02. The summed E-state index contributed by atoms with van der Waals surface area (Å²) in [6, 6.07) is -0.0504. The second-order valence-electron chi connectivity index (χ2n) is 5.29. The third-order valence-corrected chi connectivity index (χ3v) is 5.16. The van der Waals surface area contributed by atoms with Gasteiger partial charge in [-0.2, -0.15) is 5.10 Å². The second kappa shape index (κ2) is 7.35. The topological polar surface area (TPSA) is 76.5 Å². The van der Waals surface area contributed by atoms with Gasteiger partial charge in [-0.15, -0.1) is 0 Å². The zero-order chi connectivity index (χ0) is 15.3. The van der Waals surface area contributed by atoms with Crippen molar-refractivity contribution in [2.75, 3.05) is 33.4 Å². The predicted octanol–water partition coefficient (Wildman–Crippen LogP) is 0.292. The van der Waals surface area contributed by atoms with Gasteiger partial charge in [-0.25, -0.2) is 13.1 Å². The van der Waals surface area contributed by atoms with Gasteiger partial charge in [0.05, 0.1) is 12.8 Å². The molecule has 1 aromatic rings. The highest BCUT2D eigenvalue weighted by molar-refractivity contribution is 7.89. The molecule has 1 saturated heterocycles. The maximum atomic E-state index is 12.3. The standard InChI is InChI=1S/C13H24N4O3S/c1-3-17-11-13(9-14-17)21(18,19)15-12-5-4-6-16(10-12)7-8-20-2/h9,11-12,15H,3-8,10H2,1-2H3/t12-/m1/s1. The van der Waals surface area contributed by atoms with Gasteiger partial charge in [0, 0.05) is 39.0 Å². The van der Waals surface area contributed by atoms with Gasteiger partial charge in [-0.05, 0) is 26.3 Å². The van der Waals surface area contributed by atoms with E-state index < -0.39 is 10.0 Å². The Balaban J connectivity index is 1.96. The predicted molar refractivity (Wildman–Crippen MR) is 79.6 cm³/mol. The molecule has 120 valence electrons. The average Bonchev–Trinajstić information content (AvgIpc) is 2.95. The number of rotatable bonds is 7. The normalized spacial score (nSPS) is 20.8. The Morgan fingerprint density at radius 3 is 3.00 bits per heavy atom. The van der Waals surface area contributed by atoms with E-state index in [-0.39, 0.29) is 10.9 Å². The monoisotopic (exact) mass is 316 g/mol. The Hall–Kier alpha value is -0.960. The lowest BCUT2D eigenvalue weighted by atomic mass is 10.1. The van der Waals surface area contributed by atoms with Crippen LogP contribution in [0.3, 0.4) is 0 Å². The molecule has 0 aromatic carbocycles. The van der Waals surface area contributed by atoms with Crippen LogP contribution in [-0.2, 0) is 21.3 Å². The molecule has 1 atom stereocenters. The number of nitrogens with one attached hydrogen (secondary N) is 1. The molecule has 0 saturated carbocycles. The van der Waals surface area contributed by atoms with E-state index in [0.717, 1.165) is 32.5 Å². The van der Waals surface area contributed by atoms with Crippen molar-refractivity contribution in [3.63, 3.8) is 0 Å². The number of ether oxygens (including phenoxy) is 1. The molecule has 0 radical (unpaired) electrons. The number of nitrogens with zero attached hydrogens (tertiary/aromatic N) is 3. The molecule has 7 nitrogen and oxygen atoms in total. The Kier molecular flexibility index (Phi) is 5.74. The highest BCUT2D eigenvalue weighted by Gasteiger charge is 2.25. The molecule has 21 heavy (non-hydrogen) atoms.